The molecule has 1 unspecified atom stereocenters. The molecule has 0 heterocycles. The lowest BCUT2D eigenvalue weighted by molar-refractivity contribution is -0.143. The van der Waals surface area contributed by atoms with Crippen molar-refractivity contribution in [3.05, 3.63) is 77.4 Å². The van der Waals surface area contributed by atoms with Crippen LogP contribution in [0.1, 0.15) is 31.1 Å². The van der Waals surface area contributed by atoms with E-state index in [0.717, 1.165) is 11.1 Å². The number of hydrogen-bond donors (Lipinski definition) is 0. The summed E-state index contributed by atoms with van der Waals surface area (Å²) in [6, 6.07) is 19.5. The largest absolute Gasteiger partial charge is 0.454 e. The molecule has 2 aromatic carbocycles. The molecule has 102 valence electrons. The number of benzene rings is 2. The first-order valence-electron chi connectivity index (χ1n) is 6.66. The van der Waals surface area contributed by atoms with Crippen molar-refractivity contribution in [3.63, 3.8) is 0 Å². The monoisotopic (exact) mass is 266 g/mol. The van der Waals surface area contributed by atoms with Gasteiger partial charge >= 0.3 is 5.97 Å². The van der Waals surface area contributed by atoms with Gasteiger partial charge in [-0.05, 0) is 31.1 Å². The molecule has 0 aromatic heterocycles. The van der Waals surface area contributed by atoms with Crippen LogP contribution in [0.4, 0.5) is 0 Å². The molecule has 0 saturated heterocycles. The van der Waals surface area contributed by atoms with E-state index in [4.69, 9.17) is 4.74 Å². The lowest BCUT2D eigenvalue weighted by atomic mass is 10.1. The van der Waals surface area contributed by atoms with E-state index in [9.17, 15) is 4.79 Å². The third kappa shape index (κ3) is 3.82. The molecular weight excluding hydrogens is 248 g/mol. The van der Waals surface area contributed by atoms with E-state index in [-0.39, 0.29) is 12.1 Å². The van der Waals surface area contributed by atoms with E-state index in [1.54, 1.807) is 6.92 Å². The van der Waals surface area contributed by atoms with Gasteiger partial charge in [-0.15, -0.1) is 0 Å². The number of esters is 1. The van der Waals surface area contributed by atoms with Crippen LogP contribution in [0.5, 0.6) is 0 Å². The second-order valence-corrected chi connectivity index (χ2v) is 4.70. The number of carbonyl (C=O) groups is 1. The van der Waals surface area contributed by atoms with Crippen LogP contribution in [0, 0.1) is 0 Å². The minimum atomic E-state index is -0.287. The van der Waals surface area contributed by atoms with Crippen molar-refractivity contribution < 1.29 is 9.53 Å². The van der Waals surface area contributed by atoms with Crippen LogP contribution in [0.15, 0.2) is 66.2 Å². The van der Waals surface area contributed by atoms with Gasteiger partial charge in [0.2, 0.25) is 0 Å². The fraction of sp³-hybridized carbons (Fsp3) is 0.167. The van der Waals surface area contributed by atoms with Gasteiger partial charge in [0.25, 0.3) is 0 Å². The topological polar surface area (TPSA) is 26.3 Å². The summed E-state index contributed by atoms with van der Waals surface area (Å²) in [7, 11) is 0. The quantitative estimate of drug-likeness (QED) is 0.606. The van der Waals surface area contributed by atoms with Crippen LogP contribution in [-0.4, -0.2) is 5.97 Å². The van der Waals surface area contributed by atoms with Gasteiger partial charge < -0.3 is 4.74 Å². The SMILES string of the molecule is C/C(=C\c1ccccc1)C(=O)OC(C)c1ccccc1. The van der Waals surface area contributed by atoms with Gasteiger partial charge in [0, 0.05) is 5.57 Å². The fourth-order valence-corrected chi connectivity index (χ4v) is 1.90. The Morgan fingerprint density at radius 2 is 1.55 bits per heavy atom. The second kappa shape index (κ2) is 6.71. The highest BCUT2D eigenvalue weighted by Gasteiger charge is 2.12. The zero-order valence-electron chi connectivity index (χ0n) is 11.7. The molecule has 2 rings (SSSR count). The average molecular weight is 266 g/mol. The molecule has 0 aliphatic rings. The first-order chi connectivity index (χ1) is 9.66. The van der Waals surface area contributed by atoms with Gasteiger partial charge in [-0.1, -0.05) is 60.7 Å². The maximum Gasteiger partial charge on any atom is 0.334 e. The molecule has 0 spiro atoms. The molecule has 2 nitrogen and oxygen atoms in total. The predicted molar refractivity (Wildman–Crippen MR) is 81.0 cm³/mol. The normalized spacial score (nSPS) is 12.8. The van der Waals surface area contributed by atoms with Crippen LogP contribution >= 0.6 is 0 Å². The number of hydrogen-bond acceptors (Lipinski definition) is 2. The smallest absolute Gasteiger partial charge is 0.334 e. The summed E-state index contributed by atoms with van der Waals surface area (Å²) >= 11 is 0. The Bertz CT molecular complexity index is 585. The average Bonchev–Trinajstić information content (AvgIpc) is 2.49. The second-order valence-electron chi connectivity index (χ2n) is 4.70. The summed E-state index contributed by atoms with van der Waals surface area (Å²) in [6.45, 7) is 3.65. The summed E-state index contributed by atoms with van der Waals surface area (Å²) in [5, 5.41) is 0. The van der Waals surface area contributed by atoms with Gasteiger partial charge in [0.1, 0.15) is 6.10 Å². The van der Waals surface area contributed by atoms with Gasteiger partial charge in [0.15, 0.2) is 0 Å². The lowest BCUT2D eigenvalue weighted by Gasteiger charge is -2.13. The zero-order chi connectivity index (χ0) is 14.4. The molecule has 0 fully saturated rings. The van der Waals surface area contributed by atoms with Gasteiger partial charge in [-0.3, -0.25) is 0 Å². The van der Waals surface area contributed by atoms with Gasteiger partial charge in [-0.25, -0.2) is 4.79 Å². The maximum absolute atomic E-state index is 12.0. The summed E-state index contributed by atoms with van der Waals surface area (Å²) in [6.07, 6.45) is 1.59. The fourth-order valence-electron chi connectivity index (χ4n) is 1.90. The number of ether oxygens (including phenoxy) is 1. The van der Waals surface area contributed by atoms with E-state index >= 15 is 0 Å². The Morgan fingerprint density at radius 1 is 1.00 bits per heavy atom. The molecule has 0 aliphatic heterocycles. The van der Waals surface area contributed by atoms with E-state index < -0.39 is 0 Å². The Kier molecular flexibility index (Phi) is 4.72. The first kappa shape index (κ1) is 14.1. The molecule has 0 bridgehead atoms. The maximum atomic E-state index is 12.0. The number of carbonyl (C=O) groups excluding carboxylic acids is 1. The van der Waals surface area contributed by atoms with Gasteiger partial charge in [-0.2, -0.15) is 0 Å². The Morgan fingerprint density at radius 3 is 2.15 bits per heavy atom. The molecular formula is C18H18O2. The van der Waals surface area contributed by atoms with Crippen LogP contribution in [0.25, 0.3) is 6.08 Å². The van der Waals surface area contributed by atoms with Crippen LogP contribution in [0.2, 0.25) is 0 Å². The summed E-state index contributed by atoms with van der Waals surface area (Å²) in [5.74, 6) is -0.287. The van der Waals surface area contributed by atoms with Crippen molar-refractivity contribution in [1.82, 2.24) is 0 Å². The highest BCUT2D eigenvalue weighted by Crippen LogP contribution is 2.18. The van der Waals surface area contributed by atoms with Crippen molar-refractivity contribution in [3.8, 4) is 0 Å². The minimum Gasteiger partial charge on any atom is -0.454 e. The summed E-state index contributed by atoms with van der Waals surface area (Å²) in [4.78, 5) is 12.0. The van der Waals surface area contributed by atoms with Crippen LogP contribution in [0.3, 0.4) is 0 Å². The molecule has 0 radical (unpaired) electrons. The molecule has 2 heteroatoms. The summed E-state index contributed by atoms with van der Waals surface area (Å²) in [5.41, 5.74) is 2.58. The standard InChI is InChI=1S/C18H18O2/c1-14(13-16-9-5-3-6-10-16)18(19)20-15(2)17-11-7-4-8-12-17/h3-13,15H,1-2H3/b14-13+. The van der Waals surface area contributed by atoms with Crippen molar-refractivity contribution in [1.29, 1.82) is 0 Å². The third-order valence-corrected chi connectivity index (χ3v) is 3.06. The molecule has 0 aliphatic carbocycles. The predicted octanol–water partition coefficient (Wildman–Crippen LogP) is 4.39. The minimum absolute atomic E-state index is 0.247. The highest BCUT2D eigenvalue weighted by molar-refractivity contribution is 5.93. The van der Waals surface area contributed by atoms with Gasteiger partial charge in [0.05, 0.1) is 0 Å². The number of rotatable bonds is 4. The van der Waals surface area contributed by atoms with Crippen LogP contribution < -0.4 is 0 Å². The first-order valence-corrected chi connectivity index (χ1v) is 6.66. The molecule has 0 saturated carbocycles. The zero-order valence-corrected chi connectivity index (χ0v) is 11.7. The van der Waals surface area contributed by atoms with Crippen molar-refractivity contribution >= 4 is 12.0 Å². The Labute approximate surface area is 119 Å². The molecule has 0 N–H and O–H groups in total. The van der Waals surface area contributed by atoms with E-state index in [0.29, 0.717) is 5.57 Å². The molecule has 0 amide bonds. The molecule has 2 aromatic rings. The third-order valence-electron chi connectivity index (χ3n) is 3.06. The Hall–Kier alpha value is -2.35. The molecule has 1 atom stereocenters. The highest BCUT2D eigenvalue weighted by atomic mass is 16.5. The summed E-state index contributed by atoms with van der Waals surface area (Å²) < 4.78 is 5.46. The lowest BCUT2D eigenvalue weighted by Crippen LogP contribution is -2.09. The molecule has 20 heavy (non-hydrogen) atoms. The van der Waals surface area contributed by atoms with Crippen molar-refractivity contribution in [2.45, 2.75) is 20.0 Å². The van der Waals surface area contributed by atoms with Crippen molar-refractivity contribution in [2.75, 3.05) is 0 Å². The van der Waals surface area contributed by atoms with Crippen molar-refractivity contribution in [2.24, 2.45) is 0 Å². The van der Waals surface area contributed by atoms with Crippen LogP contribution in [-0.2, 0) is 9.53 Å². The van der Waals surface area contributed by atoms with E-state index in [1.165, 1.54) is 0 Å². The van der Waals surface area contributed by atoms with E-state index in [1.807, 2.05) is 73.7 Å². The van der Waals surface area contributed by atoms with E-state index in [2.05, 4.69) is 0 Å². The Balaban J connectivity index is 2.03.